The van der Waals surface area contributed by atoms with Crippen LogP contribution in [-0.4, -0.2) is 11.8 Å². The van der Waals surface area contributed by atoms with Crippen LogP contribution in [0.1, 0.15) is 40.0 Å². The van der Waals surface area contributed by atoms with Gasteiger partial charge in [0.25, 0.3) is 0 Å². The molecule has 0 spiro atoms. The average Bonchev–Trinajstić information content (AvgIpc) is 2.08. The molecule has 0 aliphatic heterocycles. The first-order valence-corrected chi connectivity index (χ1v) is 5.79. The lowest BCUT2D eigenvalue weighted by molar-refractivity contribution is 0.304. The van der Waals surface area contributed by atoms with E-state index in [1.807, 2.05) is 0 Å². The Bertz CT molecular complexity index is 98.1. The van der Waals surface area contributed by atoms with Crippen LogP contribution in [0, 0.1) is 11.3 Å². The Kier molecular flexibility index (Phi) is 6.39. The van der Waals surface area contributed by atoms with Crippen molar-refractivity contribution in [2.24, 2.45) is 11.3 Å². The zero-order valence-electron chi connectivity index (χ0n) is 8.37. The van der Waals surface area contributed by atoms with Crippen molar-refractivity contribution < 1.29 is 0 Å². The van der Waals surface area contributed by atoms with E-state index in [0.717, 1.165) is 18.8 Å². The highest BCUT2D eigenvalue weighted by molar-refractivity contribution is 6.21. The minimum absolute atomic E-state index is 0.188. The first-order chi connectivity index (χ1) is 5.60. The third-order valence-electron chi connectivity index (χ3n) is 2.57. The summed E-state index contributed by atoms with van der Waals surface area (Å²) in [5.41, 5.74) is 0.188. The minimum Gasteiger partial charge on any atom is -0.126 e. The second-order valence-electron chi connectivity index (χ2n) is 4.05. The van der Waals surface area contributed by atoms with Crippen LogP contribution in [0.5, 0.6) is 0 Å². The topological polar surface area (TPSA) is 0 Å². The van der Waals surface area contributed by atoms with Crippen LogP contribution < -0.4 is 0 Å². The van der Waals surface area contributed by atoms with E-state index in [4.69, 9.17) is 23.2 Å². The summed E-state index contributed by atoms with van der Waals surface area (Å²) in [5, 5.41) is 0. The highest BCUT2D eigenvalue weighted by atomic mass is 35.5. The van der Waals surface area contributed by atoms with E-state index in [9.17, 15) is 0 Å². The molecule has 0 saturated heterocycles. The quantitative estimate of drug-likeness (QED) is 0.574. The van der Waals surface area contributed by atoms with E-state index in [-0.39, 0.29) is 5.41 Å². The number of rotatable bonds is 6. The number of alkyl halides is 2. The van der Waals surface area contributed by atoms with Crippen molar-refractivity contribution in [1.82, 2.24) is 0 Å². The highest BCUT2D eigenvalue weighted by Gasteiger charge is 2.25. The van der Waals surface area contributed by atoms with E-state index in [2.05, 4.69) is 20.8 Å². The van der Waals surface area contributed by atoms with E-state index < -0.39 is 0 Å². The van der Waals surface area contributed by atoms with Crippen molar-refractivity contribution in [2.75, 3.05) is 11.8 Å². The van der Waals surface area contributed by atoms with E-state index in [1.54, 1.807) is 0 Å². The molecule has 0 unspecified atom stereocenters. The first kappa shape index (κ1) is 12.6. The molecule has 0 aliphatic carbocycles. The normalized spacial score (nSPS) is 12.5. The Morgan fingerprint density at radius 2 is 1.67 bits per heavy atom. The summed E-state index contributed by atoms with van der Waals surface area (Å²) in [6.45, 7) is 6.65. The van der Waals surface area contributed by atoms with Crippen molar-refractivity contribution in [2.45, 2.75) is 40.0 Å². The Balaban J connectivity index is 3.93. The summed E-state index contributed by atoms with van der Waals surface area (Å²) in [4.78, 5) is 0. The Morgan fingerprint density at radius 1 is 1.17 bits per heavy atom. The van der Waals surface area contributed by atoms with Gasteiger partial charge in [0, 0.05) is 11.8 Å². The molecule has 0 radical (unpaired) electrons. The molecule has 0 atom stereocenters. The summed E-state index contributed by atoms with van der Waals surface area (Å²) in [5.74, 6) is 2.14. The van der Waals surface area contributed by atoms with Crippen molar-refractivity contribution in [3.63, 3.8) is 0 Å². The van der Waals surface area contributed by atoms with Crippen LogP contribution in [0.15, 0.2) is 0 Å². The lowest BCUT2D eigenvalue weighted by Crippen LogP contribution is -2.24. The van der Waals surface area contributed by atoms with Crippen LogP contribution in [0.25, 0.3) is 0 Å². The lowest BCUT2D eigenvalue weighted by atomic mass is 9.82. The van der Waals surface area contributed by atoms with Crippen LogP contribution >= 0.6 is 23.2 Å². The number of halogens is 2. The molecule has 0 heterocycles. The van der Waals surface area contributed by atoms with E-state index in [1.165, 1.54) is 6.42 Å². The van der Waals surface area contributed by atoms with Gasteiger partial charge in [-0.25, -0.2) is 0 Å². The standard InChI is InChI=1S/C10H20Cl2/c1-4-10(7-11,8-12)6-5-9(2)3/h9H,4-8H2,1-3H3. The van der Waals surface area contributed by atoms with Crippen LogP contribution in [-0.2, 0) is 0 Å². The van der Waals surface area contributed by atoms with Gasteiger partial charge in [-0.15, -0.1) is 23.2 Å². The Labute approximate surface area is 86.6 Å². The number of hydrogen-bond donors (Lipinski definition) is 0. The summed E-state index contributed by atoms with van der Waals surface area (Å²) in [6, 6.07) is 0. The predicted molar refractivity (Wildman–Crippen MR) is 58.2 cm³/mol. The second kappa shape index (κ2) is 6.10. The van der Waals surface area contributed by atoms with Gasteiger partial charge in [-0.2, -0.15) is 0 Å². The molecule has 0 aromatic carbocycles. The van der Waals surface area contributed by atoms with Crippen molar-refractivity contribution in [1.29, 1.82) is 0 Å². The fraction of sp³-hybridized carbons (Fsp3) is 1.00. The van der Waals surface area contributed by atoms with Crippen molar-refractivity contribution in [3.8, 4) is 0 Å². The molecule has 0 fully saturated rings. The summed E-state index contributed by atoms with van der Waals surface area (Å²) in [7, 11) is 0. The Morgan fingerprint density at radius 3 is 1.92 bits per heavy atom. The Hall–Kier alpha value is 0.580. The van der Waals surface area contributed by atoms with Gasteiger partial charge < -0.3 is 0 Å². The van der Waals surface area contributed by atoms with E-state index in [0.29, 0.717) is 11.8 Å². The molecule has 0 nitrogen and oxygen atoms in total. The fourth-order valence-electron chi connectivity index (χ4n) is 1.13. The van der Waals surface area contributed by atoms with Crippen LogP contribution in [0.4, 0.5) is 0 Å². The molecule has 0 aromatic heterocycles. The third-order valence-corrected chi connectivity index (χ3v) is 3.70. The van der Waals surface area contributed by atoms with Gasteiger partial charge in [0.1, 0.15) is 0 Å². The monoisotopic (exact) mass is 210 g/mol. The largest absolute Gasteiger partial charge is 0.126 e. The minimum atomic E-state index is 0.188. The van der Waals surface area contributed by atoms with Gasteiger partial charge in [-0.05, 0) is 24.2 Å². The van der Waals surface area contributed by atoms with Crippen molar-refractivity contribution >= 4 is 23.2 Å². The fourth-order valence-corrected chi connectivity index (χ4v) is 2.06. The van der Waals surface area contributed by atoms with Gasteiger partial charge >= 0.3 is 0 Å². The highest BCUT2D eigenvalue weighted by Crippen LogP contribution is 2.32. The molecular formula is C10H20Cl2. The van der Waals surface area contributed by atoms with Gasteiger partial charge in [0.05, 0.1) is 0 Å². The molecule has 74 valence electrons. The maximum absolute atomic E-state index is 5.92. The van der Waals surface area contributed by atoms with Gasteiger partial charge in [-0.3, -0.25) is 0 Å². The first-order valence-electron chi connectivity index (χ1n) is 4.72. The zero-order chi connectivity index (χ0) is 9.61. The average molecular weight is 211 g/mol. The molecule has 0 amide bonds. The van der Waals surface area contributed by atoms with Gasteiger partial charge in [0.15, 0.2) is 0 Å². The SMILES string of the molecule is CCC(CCl)(CCl)CCC(C)C. The van der Waals surface area contributed by atoms with Crippen LogP contribution in [0.2, 0.25) is 0 Å². The smallest absolute Gasteiger partial charge is 0.0291 e. The molecule has 0 N–H and O–H groups in total. The molecular weight excluding hydrogens is 191 g/mol. The van der Waals surface area contributed by atoms with Gasteiger partial charge in [0.2, 0.25) is 0 Å². The summed E-state index contributed by atoms with van der Waals surface area (Å²) < 4.78 is 0. The van der Waals surface area contributed by atoms with Gasteiger partial charge in [-0.1, -0.05) is 27.2 Å². The molecule has 0 rings (SSSR count). The second-order valence-corrected chi connectivity index (χ2v) is 4.59. The predicted octanol–water partition coefficient (Wildman–Crippen LogP) is 4.30. The third kappa shape index (κ3) is 4.00. The maximum atomic E-state index is 5.92. The molecule has 0 aromatic rings. The maximum Gasteiger partial charge on any atom is 0.0291 e. The molecule has 0 saturated carbocycles. The van der Waals surface area contributed by atoms with Crippen molar-refractivity contribution in [3.05, 3.63) is 0 Å². The molecule has 12 heavy (non-hydrogen) atoms. The zero-order valence-corrected chi connectivity index (χ0v) is 9.88. The number of hydrogen-bond acceptors (Lipinski definition) is 0. The summed E-state index contributed by atoms with van der Waals surface area (Å²) >= 11 is 11.8. The van der Waals surface area contributed by atoms with Crippen LogP contribution in [0.3, 0.4) is 0 Å². The molecule has 0 bridgehead atoms. The summed E-state index contributed by atoms with van der Waals surface area (Å²) in [6.07, 6.45) is 3.48. The van der Waals surface area contributed by atoms with E-state index >= 15 is 0 Å². The molecule has 2 heteroatoms. The molecule has 0 aliphatic rings. The lowest BCUT2D eigenvalue weighted by Gasteiger charge is -2.28.